The van der Waals surface area contributed by atoms with Gasteiger partial charge in [0.15, 0.2) is 6.10 Å². The van der Waals surface area contributed by atoms with Gasteiger partial charge in [-0.15, -0.1) is 0 Å². The lowest BCUT2D eigenvalue weighted by Crippen LogP contribution is -2.34. The number of benzene rings is 4. The summed E-state index contributed by atoms with van der Waals surface area (Å²) >= 11 is 12.3. The zero-order chi connectivity index (χ0) is 36.2. The molecule has 1 heterocycles. The first kappa shape index (κ1) is 36.8. The van der Waals surface area contributed by atoms with Crippen LogP contribution in [0.5, 0.6) is 17.2 Å². The van der Waals surface area contributed by atoms with Crippen LogP contribution in [-0.2, 0) is 15.6 Å². The number of H-pyrrole nitrogens is 1. The van der Waals surface area contributed by atoms with Gasteiger partial charge in [0.1, 0.15) is 17.2 Å². The molecule has 7 nitrogen and oxygen atoms in total. The van der Waals surface area contributed by atoms with Gasteiger partial charge in [0.05, 0.1) is 11.4 Å². The van der Waals surface area contributed by atoms with Crippen molar-refractivity contribution >= 4 is 34.8 Å². The molecular weight excluding hydrogens is 669 g/mol. The molecule has 5 aromatic rings. The van der Waals surface area contributed by atoms with Gasteiger partial charge in [-0.25, -0.2) is 4.68 Å². The quantitative estimate of drug-likeness (QED) is 0.127. The summed E-state index contributed by atoms with van der Waals surface area (Å²) in [7, 11) is 0. The third-order valence-corrected chi connectivity index (χ3v) is 10.1. The molecule has 0 aliphatic rings. The minimum absolute atomic E-state index is 0.00535. The summed E-state index contributed by atoms with van der Waals surface area (Å²) in [5.74, 6) is 0.883. The molecule has 0 aliphatic heterocycles. The van der Waals surface area contributed by atoms with E-state index < -0.39 is 11.7 Å². The average Bonchev–Trinajstić information content (AvgIpc) is 3.43. The summed E-state index contributed by atoms with van der Waals surface area (Å²) in [4.78, 5) is 28.0. The van der Waals surface area contributed by atoms with Crippen LogP contribution < -0.4 is 20.3 Å². The van der Waals surface area contributed by atoms with Crippen molar-refractivity contribution in [3.05, 3.63) is 123 Å². The molecular formula is C41H45Cl2N3O4. The molecule has 0 radical (unpaired) electrons. The van der Waals surface area contributed by atoms with E-state index in [1.165, 1.54) is 10.2 Å². The van der Waals surface area contributed by atoms with Gasteiger partial charge in [-0.05, 0) is 90.3 Å². The summed E-state index contributed by atoms with van der Waals surface area (Å²) in [6.45, 7) is 15.2. The number of carbonyl (C=O) groups is 1. The molecule has 5 rings (SSSR count). The predicted molar refractivity (Wildman–Crippen MR) is 205 cm³/mol. The maximum atomic E-state index is 14.1. The minimum atomic E-state index is -0.784. The molecule has 50 heavy (non-hydrogen) atoms. The van der Waals surface area contributed by atoms with Crippen molar-refractivity contribution in [2.75, 3.05) is 5.32 Å². The largest absolute Gasteiger partial charge is 0.480 e. The van der Waals surface area contributed by atoms with Crippen molar-refractivity contribution in [1.29, 1.82) is 0 Å². The molecule has 4 aromatic carbocycles. The fraction of sp³-hybridized carbons (Fsp3) is 0.317. The van der Waals surface area contributed by atoms with Crippen LogP contribution in [0.15, 0.2) is 95.8 Å². The number of hydrogen-bond donors (Lipinski definition) is 2. The number of aromatic nitrogens is 2. The van der Waals surface area contributed by atoms with Gasteiger partial charge in [-0.1, -0.05) is 108 Å². The standard InChI is InChI=1S/C41H45Cl2N3O4/c1-8-34(50-35-24-17-27(40(4,5)9-2)25-31(35)41(6,7)10-3)38(47)44-32-13-11-12-14-33(32)46-39(48)37(49-30-22-20-29(43)21-23-30)36(45-46)26-15-18-28(42)19-16-26/h11-25,34,45H,8-10H2,1-7H3,(H,44,47). The molecule has 1 amide bonds. The first-order chi connectivity index (χ1) is 23.8. The Bertz CT molecular complexity index is 2010. The summed E-state index contributed by atoms with van der Waals surface area (Å²) in [5.41, 5.74) is 3.70. The van der Waals surface area contributed by atoms with Crippen LogP contribution in [0.3, 0.4) is 0 Å². The van der Waals surface area contributed by atoms with Crippen molar-refractivity contribution < 1.29 is 14.3 Å². The third-order valence-electron chi connectivity index (χ3n) is 9.61. The first-order valence-corrected chi connectivity index (χ1v) is 17.8. The Morgan fingerprint density at radius 2 is 1.46 bits per heavy atom. The second kappa shape index (κ2) is 15.2. The second-order valence-electron chi connectivity index (χ2n) is 13.7. The molecule has 0 fully saturated rings. The Labute approximate surface area is 304 Å². The number of nitrogens with zero attached hydrogens (tertiary/aromatic N) is 1. The van der Waals surface area contributed by atoms with Crippen LogP contribution in [0, 0.1) is 0 Å². The number of halogens is 2. The van der Waals surface area contributed by atoms with Crippen molar-refractivity contribution in [2.45, 2.75) is 84.7 Å². The van der Waals surface area contributed by atoms with Crippen LogP contribution in [-0.4, -0.2) is 21.8 Å². The summed E-state index contributed by atoms with van der Waals surface area (Å²) in [6.07, 6.45) is 1.55. The number of nitrogens with one attached hydrogen (secondary N) is 2. The van der Waals surface area contributed by atoms with E-state index in [2.05, 4.69) is 64.1 Å². The average molecular weight is 715 g/mol. The van der Waals surface area contributed by atoms with Crippen LogP contribution >= 0.6 is 23.2 Å². The fourth-order valence-electron chi connectivity index (χ4n) is 5.56. The zero-order valence-corrected chi connectivity index (χ0v) is 31.2. The van der Waals surface area contributed by atoms with E-state index in [1.807, 2.05) is 13.0 Å². The zero-order valence-electron chi connectivity index (χ0n) is 29.7. The van der Waals surface area contributed by atoms with E-state index in [0.717, 1.165) is 18.4 Å². The van der Waals surface area contributed by atoms with Crippen LogP contribution in [0.2, 0.25) is 10.0 Å². The molecule has 0 aliphatic carbocycles. The summed E-state index contributed by atoms with van der Waals surface area (Å²) in [6, 6.07) is 27.3. The third kappa shape index (κ3) is 7.95. The highest BCUT2D eigenvalue weighted by Crippen LogP contribution is 2.39. The molecule has 9 heteroatoms. The molecule has 1 atom stereocenters. The summed E-state index contributed by atoms with van der Waals surface area (Å²) < 4.78 is 14.0. The highest BCUT2D eigenvalue weighted by Gasteiger charge is 2.29. The van der Waals surface area contributed by atoms with Gasteiger partial charge in [0, 0.05) is 21.2 Å². The number of para-hydroxylation sites is 2. The Hall–Kier alpha value is -4.46. The first-order valence-electron chi connectivity index (χ1n) is 17.0. The Kier molecular flexibility index (Phi) is 11.2. The van der Waals surface area contributed by atoms with E-state index >= 15 is 0 Å². The summed E-state index contributed by atoms with van der Waals surface area (Å²) in [5, 5.41) is 7.35. The molecule has 0 spiro atoms. The Balaban J connectivity index is 1.50. The number of hydrogen-bond acceptors (Lipinski definition) is 4. The number of aromatic amines is 1. The lowest BCUT2D eigenvalue weighted by molar-refractivity contribution is -0.122. The van der Waals surface area contributed by atoms with Gasteiger partial charge in [0.25, 0.3) is 5.91 Å². The molecule has 2 N–H and O–H groups in total. The van der Waals surface area contributed by atoms with Gasteiger partial charge < -0.3 is 14.8 Å². The number of carbonyl (C=O) groups excluding carboxylic acids is 1. The lowest BCUT2D eigenvalue weighted by Gasteiger charge is -2.31. The van der Waals surface area contributed by atoms with Crippen LogP contribution in [0.4, 0.5) is 5.69 Å². The molecule has 0 bridgehead atoms. The maximum Gasteiger partial charge on any atom is 0.314 e. The maximum absolute atomic E-state index is 14.1. The van der Waals surface area contributed by atoms with Gasteiger partial charge in [-0.2, -0.15) is 0 Å². The monoisotopic (exact) mass is 713 g/mol. The smallest absolute Gasteiger partial charge is 0.314 e. The van der Waals surface area contributed by atoms with Crippen molar-refractivity contribution in [2.24, 2.45) is 0 Å². The normalized spacial score (nSPS) is 12.4. The molecule has 1 aromatic heterocycles. The molecule has 0 saturated carbocycles. The van der Waals surface area contributed by atoms with Crippen molar-refractivity contribution in [3.8, 4) is 34.2 Å². The molecule has 0 saturated heterocycles. The predicted octanol–water partition coefficient (Wildman–Crippen LogP) is 11.1. The fourth-order valence-corrected chi connectivity index (χ4v) is 5.81. The van der Waals surface area contributed by atoms with Crippen molar-refractivity contribution in [3.63, 3.8) is 0 Å². The number of rotatable bonds is 13. The highest BCUT2D eigenvalue weighted by molar-refractivity contribution is 6.30. The Morgan fingerprint density at radius 1 is 0.840 bits per heavy atom. The molecule has 1 unspecified atom stereocenters. The minimum Gasteiger partial charge on any atom is -0.480 e. The molecule has 262 valence electrons. The number of amides is 1. The van der Waals surface area contributed by atoms with E-state index in [-0.39, 0.29) is 22.5 Å². The van der Waals surface area contributed by atoms with Gasteiger partial charge in [-0.3, -0.25) is 14.7 Å². The lowest BCUT2D eigenvalue weighted by atomic mass is 9.76. The van der Waals surface area contributed by atoms with Gasteiger partial charge >= 0.3 is 5.56 Å². The van der Waals surface area contributed by atoms with E-state index in [1.54, 1.807) is 72.8 Å². The SMILES string of the molecule is CCC(Oc1ccc(C(C)(C)CC)cc1C(C)(C)CC)C(=O)Nc1ccccc1-n1[nH]c(-c2ccc(Cl)cc2)c(Oc2ccc(Cl)cc2)c1=O. The topological polar surface area (TPSA) is 85.3 Å². The van der Waals surface area contributed by atoms with E-state index in [9.17, 15) is 9.59 Å². The van der Waals surface area contributed by atoms with Crippen LogP contribution in [0.25, 0.3) is 16.9 Å². The number of anilines is 1. The number of ether oxygens (including phenoxy) is 2. The van der Waals surface area contributed by atoms with E-state index in [4.69, 9.17) is 32.7 Å². The van der Waals surface area contributed by atoms with E-state index in [0.29, 0.717) is 50.6 Å². The van der Waals surface area contributed by atoms with Crippen molar-refractivity contribution in [1.82, 2.24) is 9.78 Å². The van der Waals surface area contributed by atoms with Gasteiger partial charge in [0.2, 0.25) is 5.75 Å². The highest BCUT2D eigenvalue weighted by atomic mass is 35.5. The Morgan fingerprint density at radius 3 is 2.08 bits per heavy atom. The second-order valence-corrected chi connectivity index (χ2v) is 14.6. The van der Waals surface area contributed by atoms with Crippen LogP contribution in [0.1, 0.15) is 78.9 Å².